The summed E-state index contributed by atoms with van der Waals surface area (Å²) in [4.78, 5) is 0. The van der Waals surface area contributed by atoms with E-state index in [9.17, 15) is 0 Å². The van der Waals surface area contributed by atoms with Gasteiger partial charge in [-0.1, -0.05) is 97.1 Å². The zero-order valence-corrected chi connectivity index (χ0v) is 14.0. The van der Waals surface area contributed by atoms with Crippen LogP contribution in [0.15, 0.2) is 102 Å². The van der Waals surface area contributed by atoms with E-state index in [0.29, 0.717) is 0 Å². The standard InChI is InChI=1S/C22H20S/c1-2-18-23-22(19-12-6-3-7-13-19,20-14-8-4-9-15-20)21-16-10-5-11-17-21/h2-18H,1H3. The molecule has 0 saturated carbocycles. The summed E-state index contributed by atoms with van der Waals surface area (Å²) in [5.74, 6) is 0. The summed E-state index contributed by atoms with van der Waals surface area (Å²) in [6.45, 7) is 2.07. The highest BCUT2D eigenvalue weighted by atomic mass is 32.2. The van der Waals surface area contributed by atoms with Crippen molar-refractivity contribution in [3.05, 3.63) is 119 Å². The van der Waals surface area contributed by atoms with Crippen molar-refractivity contribution in [1.29, 1.82) is 0 Å². The fourth-order valence-electron chi connectivity index (χ4n) is 2.89. The lowest BCUT2D eigenvalue weighted by atomic mass is 9.84. The third-order valence-corrected chi connectivity index (χ3v) is 5.39. The second-order valence-electron chi connectivity index (χ2n) is 5.37. The highest BCUT2D eigenvalue weighted by Gasteiger charge is 2.35. The van der Waals surface area contributed by atoms with Crippen molar-refractivity contribution in [3.63, 3.8) is 0 Å². The fraction of sp³-hybridized carbons (Fsp3) is 0.0909. The smallest absolute Gasteiger partial charge is 0.0948 e. The number of hydrogen-bond donors (Lipinski definition) is 0. The predicted molar refractivity (Wildman–Crippen MR) is 102 cm³/mol. The average molecular weight is 316 g/mol. The molecule has 3 rings (SSSR count). The summed E-state index contributed by atoms with van der Waals surface area (Å²) in [6, 6.07) is 32.2. The molecule has 0 amide bonds. The Morgan fingerprint density at radius 2 is 0.957 bits per heavy atom. The van der Waals surface area contributed by atoms with Gasteiger partial charge in [0.25, 0.3) is 0 Å². The largest absolute Gasteiger partial charge is 0.113 e. The lowest BCUT2D eigenvalue weighted by molar-refractivity contribution is 0.900. The topological polar surface area (TPSA) is 0 Å². The maximum atomic E-state index is 2.22. The average Bonchev–Trinajstić information content (AvgIpc) is 2.65. The molecule has 0 heterocycles. The summed E-state index contributed by atoms with van der Waals surface area (Å²) in [7, 11) is 0. The van der Waals surface area contributed by atoms with Crippen LogP contribution < -0.4 is 0 Å². The molecule has 0 bridgehead atoms. The fourth-order valence-corrected chi connectivity index (χ4v) is 4.05. The van der Waals surface area contributed by atoms with Gasteiger partial charge in [-0.15, -0.1) is 11.8 Å². The molecule has 0 fully saturated rings. The molecule has 0 nitrogen and oxygen atoms in total. The minimum atomic E-state index is -0.240. The van der Waals surface area contributed by atoms with Crippen molar-refractivity contribution in [2.45, 2.75) is 11.7 Å². The summed E-state index contributed by atoms with van der Waals surface area (Å²) in [6.07, 6.45) is 2.11. The molecular formula is C22H20S. The van der Waals surface area contributed by atoms with Crippen LogP contribution >= 0.6 is 11.8 Å². The van der Waals surface area contributed by atoms with E-state index in [4.69, 9.17) is 0 Å². The van der Waals surface area contributed by atoms with Crippen LogP contribution in [0.25, 0.3) is 0 Å². The SMILES string of the molecule is CC=CSC(c1ccccc1)(c1ccccc1)c1ccccc1. The van der Waals surface area contributed by atoms with Gasteiger partial charge in [0.1, 0.15) is 0 Å². The predicted octanol–water partition coefficient (Wildman–Crippen LogP) is 6.25. The molecule has 0 aliphatic heterocycles. The van der Waals surface area contributed by atoms with Gasteiger partial charge in [0.15, 0.2) is 0 Å². The van der Waals surface area contributed by atoms with Crippen molar-refractivity contribution in [2.24, 2.45) is 0 Å². The lowest BCUT2D eigenvalue weighted by Crippen LogP contribution is -2.24. The molecule has 0 aromatic heterocycles. The molecule has 0 radical (unpaired) electrons. The number of allylic oxidation sites excluding steroid dienone is 1. The van der Waals surface area contributed by atoms with E-state index in [2.05, 4.69) is 109 Å². The minimum absolute atomic E-state index is 0.240. The summed E-state index contributed by atoms with van der Waals surface area (Å²) in [5.41, 5.74) is 3.88. The minimum Gasteiger partial charge on any atom is -0.113 e. The van der Waals surface area contributed by atoms with Crippen LogP contribution in [-0.2, 0) is 4.75 Å². The van der Waals surface area contributed by atoms with E-state index in [-0.39, 0.29) is 4.75 Å². The zero-order valence-electron chi connectivity index (χ0n) is 13.2. The Bertz CT molecular complexity index is 649. The first-order valence-electron chi connectivity index (χ1n) is 7.83. The molecule has 1 heteroatoms. The van der Waals surface area contributed by atoms with E-state index in [1.54, 1.807) is 0 Å². The van der Waals surface area contributed by atoms with Crippen LogP contribution in [-0.4, -0.2) is 0 Å². The number of thioether (sulfide) groups is 1. The molecule has 0 spiro atoms. The second-order valence-corrected chi connectivity index (χ2v) is 6.49. The van der Waals surface area contributed by atoms with Crippen LogP contribution in [0.5, 0.6) is 0 Å². The first-order valence-corrected chi connectivity index (χ1v) is 8.71. The summed E-state index contributed by atoms with van der Waals surface area (Å²) in [5, 5.41) is 2.19. The van der Waals surface area contributed by atoms with Gasteiger partial charge in [0.2, 0.25) is 0 Å². The van der Waals surface area contributed by atoms with E-state index in [0.717, 1.165) is 0 Å². The van der Waals surface area contributed by atoms with Crippen molar-refractivity contribution >= 4 is 11.8 Å². The number of benzene rings is 3. The van der Waals surface area contributed by atoms with E-state index < -0.39 is 0 Å². The number of hydrogen-bond acceptors (Lipinski definition) is 1. The number of rotatable bonds is 5. The highest BCUT2D eigenvalue weighted by Crippen LogP contribution is 2.48. The molecular weight excluding hydrogens is 296 g/mol. The van der Waals surface area contributed by atoms with E-state index in [1.165, 1.54) is 16.7 Å². The molecule has 3 aromatic rings. The van der Waals surface area contributed by atoms with Gasteiger partial charge in [-0.25, -0.2) is 0 Å². The van der Waals surface area contributed by atoms with Crippen LogP contribution in [0.4, 0.5) is 0 Å². The second kappa shape index (κ2) is 7.34. The Kier molecular flexibility index (Phi) is 4.99. The van der Waals surface area contributed by atoms with Crippen molar-refractivity contribution in [2.75, 3.05) is 0 Å². The molecule has 114 valence electrons. The Hall–Kier alpha value is -2.25. The Balaban J connectivity index is 2.30. The van der Waals surface area contributed by atoms with E-state index >= 15 is 0 Å². The van der Waals surface area contributed by atoms with Gasteiger partial charge in [0, 0.05) is 0 Å². The quantitative estimate of drug-likeness (QED) is 0.502. The van der Waals surface area contributed by atoms with Gasteiger partial charge >= 0.3 is 0 Å². The molecule has 23 heavy (non-hydrogen) atoms. The van der Waals surface area contributed by atoms with Crippen LogP contribution in [0.1, 0.15) is 23.6 Å². The maximum absolute atomic E-state index is 2.22. The van der Waals surface area contributed by atoms with Crippen molar-refractivity contribution < 1.29 is 0 Å². The molecule has 0 unspecified atom stereocenters. The van der Waals surface area contributed by atoms with Gasteiger partial charge in [-0.3, -0.25) is 0 Å². The molecule has 0 N–H and O–H groups in total. The van der Waals surface area contributed by atoms with Crippen molar-refractivity contribution in [3.8, 4) is 0 Å². The normalized spacial score (nSPS) is 11.7. The monoisotopic (exact) mass is 316 g/mol. The Morgan fingerprint density at radius 3 is 1.26 bits per heavy atom. The lowest BCUT2D eigenvalue weighted by Gasteiger charge is -2.34. The van der Waals surface area contributed by atoms with Crippen LogP contribution in [0.3, 0.4) is 0 Å². The highest BCUT2D eigenvalue weighted by molar-refractivity contribution is 8.03. The molecule has 0 aliphatic carbocycles. The maximum Gasteiger partial charge on any atom is 0.0948 e. The molecule has 0 saturated heterocycles. The first-order chi connectivity index (χ1) is 11.4. The van der Waals surface area contributed by atoms with Gasteiger partial charge in [0.05, 0.1) is 4.75 Å². The zero-order chi connectivity index (χ0) is 16.0. The Labute approximate surface area is 142 Å². The molecule has 3 aromatic carbocycles. The van der Waals surface area contributed by atoms with E-state index in [1.807, 2.05) is 11.8 Å². The van der Waals surface area contributed by atoms with Gasteiger partial charge in [-0.05, 0) is 29.0 Å². The first kappa shape index (κ1) is 15.6. The summed E-state index contributed by atoms with van der Waals surface area (Å²) >= 11 is 1.85. The third-order valence-electron chi connectivity index (χ3n) is 3.92. The van der Waals surface area contributed by atoms with Crippen molar-refractivity contribution in [1.82, 2.24) is 0 Å². The Morgan fingerprint density at radius 1 is 0.609 bits per heavy atom. The molecule has 0 atom stereocenters. The van der Waals surface area contributed by atoms with Gasteiger partial charge < -0.3 is 0 Å². The molecule has 0 aliphatic rings. The van der Waals surface area contributed by atoms with Crippen LogP contribution in [0, 0.1) is 0 Å². The summed E-state index contributed by atoms with van der Waals surface area (Å²) < 4.78 is -0.240. The van der Waals surface area contributed by atoms with Crippen LogP contribution in [0.2, 0.25) is 0 Å². The third kappa shape index (κ3) is 3.11. The van der Waals surface area contributed by atoms with Gasteiger partial charge in [-0.2, -0.15) is 0 Å².